The average molecular weight is 532 g/mol. The second kappa shape index (κ2) is 12.8. The number of hydrogen-bond acceptors (Lipinski definition) is 10. The van der Waals surface area contributed by atoms with Crippen molar-refractivity contribution in [2.75, 3.05) is 27.8 Å². The number of nitriles is 1. The molecule has 0 aliphatic carbocycles. The van der Waals surface area contributed by atoms with E-state index in [0.29, 0.717) is 0 Å². The molecule has 12 nitrogen and oxygen atoms in total. The zero-order chi connectivity index (χ0) is 27.9. The van der Waals surface area contributed by atoms with Crippen molar-refractivity contribution in [1.29, 1.82) is 5.26 Å². The highest BCUT2D eigenvalue weighted by atomic mass is 16.7. The van der Waals surface area contributed by atoms with Crippen LogP contribution in [0.5, 0.6) is 0 Å². The normalized spacial score (nSPS) is 22.7. The van der Waals surface area contributed by atoms with E-state index < -0.39 is 47.9 Å². The number of rotatable bonds is 11. The van der Waals surface area contributed by atoms with Crippen LogP contribution in [0.4, 0.5) is 4.79 Å². The maximum Gasteiger partial charge on any atom is 0.408 e. The molecule has 2 heterocycles. The topological polar surface area (TPSA) is 146 Å². The maximum absolute atomic E-state index is 13.4. The molecule has 1 aromatic carbocycles. The van der Waals surface area contributed by atoms with Crippen LogP contribution >= 0.6 is 0 Å². The smallest absolute Gasteiger partial charge is 0.408 e. The summed E-state index contributed by atoms with van der Waals surface area (Å²) in [4.78, 5) is 40.5. The minimum Gasteiger partial charge on any atom is -0.456 e. The molecule has 4 atom stereocenters. The van der Waals surface area contributed by atoms with E-state index >= 15 is 0 Å². The molecule has 38 heavy (non-hydrogen) atoms. The summed E-state index contributed by atoms with van der Waals surface area (Å²) in [5.41, 5.74) is 0.0107. The van der Waals surface area contributed by atoms with Gasteiger partial charge in [-0.25, -0.2) is 9.59 Å². The Morgan fingerprint density at radius 2 is 1.74 bits per heavy atom. The highest BCUT2D eigenvalue weighted by Gasteiger charge is 2.61. The Labute approximate surface area is 221 Å². The zero-order valence-corrected chi connectivity index (χ0v) is 22.1. The van der Waals surface area contributed by atoms with Crippen LogP contribution in [0.15, 0.2) is 41.6 Å². The largest absolute Gasteiger partial charge is 0.456 e. The van der Waals surface area contributed by atoms with Gasteiger partial charge in [0.2, 0.25) is 0 Å². The van der Waals surface area contributed by atoms with Crippen molar-refractivity contribution in [2.24, 2.45) is 0 Å². The molecule has 2 aliphatic heterocycles. The molecule has 2 amide bonds. The number of methoxy groups -OCH3 is 2. The quantitative estimate of drug-likeness (QED) is 0.256. The third kappa shape index (κ3) is 6.68. The van der Waals surface area contributed by atoms with Gasteiger partial charge in [0.15, 0.2) is 0 Å². The van der Waals surface area contributed by atoms with Crippen molar-refractivity contribution in [3.8, 4) is 6.07 Å². The van der Waals surface area contributed by atoms with Crippen molar-refractivity contribution < 1.29 is 42.8 Å². The zero-order valence-electron chi connectivity index (χ0n) is 22.1. The Balaban J connectivity index is 2.00. The molecular weight excluding hydrogens is 498 g/mol. The molecule has 12 heteroatoms. The lowest BCUT2D eigenvalue weighted by Gasteiger charge is -2.55. The number of fused-ring (bicyclic) bond motifs is 1. The third-order valence-corrected chi connectivity index (χ3v) is 5.76. The van der Waals surface area contributed by atoms with E-state index in [-0.39, 0.29) is 37.9 Å². The van der Waals surface area contributed by atoms with Gasteiger partial charge in [0.25, 0.3) is 5.91 Å². The summed E-state index contributed by atoms with van der Waals surface area (Å²) in [6.45, 7) is 4.66. The predicted molar refractivity (Wildman–Crippen MR) is 131 cm³/mol. The highest BCUT2D eigenvalue weighted by Crippen LogP contribution is 2.41. The molecule has 206 valence electrons. The Hall–Kier alpha value is -3.50. The number of hydrogen-bond donors (Lipinski definition) is 1. The van der Waals surface area contributed by atoms with Gasteiger partial charge >= 0.3 is 12.1 Å². The molecule has 0 unspecified atom stereocenters. The number of benzene rings is 1. The summed E-state index contributed by atoms with van der Waals surface area (Å²) in [6.07, 6.45) is -2.97. The first kappa shape index (κ1) is 29.1. The van der Waals surface area contributed by atoms with Crippen LogP contribution in [0.3, 0.4) is 0 Å². The number of nitrogens with zero attached hydrogens (tertiary/aromatic N) is 2. The van der Waals surface area contributed by atoms with E-state index in [1.807, 2.05) is 12.1 Å². The van der Waals surface area contributed by atoms with Crippen LogP contribution in [0.1, 0.15) is 32.8 Å². The summed E-state index contributed by atoms with van der Waals surface area (Å²) in [5.74, 6) is -1.40. The SMILES string of the molecule is COCO[C@@H]1[C@@H]2[C@H](NC(=O)OC(C)(C)C)C(=O)N2C(C(=O)OCc2ccccc2)=C(CC#N)[C@H]1OCOC. The van der Waals surface area contributed by atoms with Gasteiger partial charge in [-0.2, -0.15) is 5.26 Å². The van der Waals surface area contributed by atoms with Crippen molar-refractivity contribution in [3.63, 3.8) is 0 Å². The Morgan fingerprint density at radius 1 is 1.08 bits per heavy atom. The van der Waals surface area contributed by atoms with Gasteiger partial charge in [-0.1, -0.05) is 30.3 Å². The van der Waals surface area contributed by atoms with Crippen molar-refractivity contribution in [3.05, 3.63) is 47.2 Å². The highest BCUT2D eigenvalue weighted by molar-refractivity contribution is 6.02. The fourth-order valence-electron chi connectivity index (χ4n) is 4.31. The predicted octanol–water partition coefficient (Wildman–Crippen LogP) is 1.99. The first-order valence-electron chi connectivity index (χ1n) is 12.0. The molecule has 0 aromatic heterocycles. The Bertz CT molecular complexity index is 1080. The molecule has 1 N–H and O–H groups in total. The number of β-lactam (4-membered cyclic amide) rings is 1. The number of alkyl carbamates (subject to hydrolysis) is 1. The fraction of sp³-hybridized carbons (Fsp3) is 0.538. The monoisotopic (exact) mass is 531 g/mol. The lowest BCUT2D eigenvalue weighted by molar-refractivity contribution is -0.199. The van der Waals surface area contributed by atoms with E-state index in [9.17, 15) is 19.6 Å². The molecule has 0 bridgehead atoms. The van der Waals surface area contributed by atoms with Crippen molar-refractivity contribution >= 4 is 18.0 Å². The van der Waals surface area contributed by atoms with Crippen molar-refractivity contribution in [1.82, 2.24) is 10.2 Å². The number of esters is 1. The Morgan fingerprint density at radius 3 is 2.34 bits per heavy atom. The summed E-state index contributed by atoms with van der Waals surface area (Å²) >= 11 is 0. The van der Waals surface area contributed by atoms with E-state index in [0.717, 1.165) is 5.56 Å². The van der Waals surface area contributed by atoms with Crippen molar-refractivity contribution in [2.45, 2.75) is 63.7 Å². The molecule has 1 saturated heterocycles. The van der Waals surface area contributed by atoms with Crippen LogP contribution in [0.2, 0.25) is 0 Å². The number of ether oxygens (including phenoxy) is 6. The molecule has 1 aromatic rings. The van der Waals surface area contributed by atoms with E-state index in [1.54, 1.807) is 45.0 Å². The first-order chi connectivity index (χ1) is 18.1. The van der Waals surface area contributed by atoms with Crippen LogP contribution in [0, 0.1) is 11.3 Å². The van der Waals surface area contributed by atoms with Gasteiger partial charge in [-0.15, -0.1) is 0 Å². The summed E-state index contributed by atoms with van der Waals surface area (Å²) in [6, 6.07) is 9.06. The first-order valence-corrected chi connectivity index (χ1v) is 12.0. The molecular formula is C26H33N3O9. The Kier molecular flexibility index (Phi) is 9.82. The number of amides is 2. The molecule has 0 spiro atoms. The second-order valence-electron chi connectivity index (χ2n) is 9.62. The summed E-state index contributed by atoms with van der Waals surface area (Å²) < 4.78 is 32.8. The van der Waals surface area contributed by atoms with E-state index in [4.69, 9.17) is 28.4 Å². The minimum absolute atomic E-state index is 0.0531. The van der Waals surface area contributed by atoms with Gasteiger partial charge in [0.05, 0.1) is 18.5 Å². The number of carbonyl (C=O) groups excluding carboxylic acids is 3. The number of carbonyl (C=O) groups is 3. The lowest BCUT2D eigenvalue weighted by Crippen LogP contribution is -2.78. The van der Waals surface area contributed by atoms with Crippen LogP contribution in [-0.4, -0.2) is 80.6 Å². The number of nitrogens with one attached hydrogen (secondary N) is 1. The average Bonchev–Trinajstić information content (AvgIpc) is 2.87. The maximum atomic E-state index is 13.4. The summed E-state index contributed by atoms with van der Waals surface area (Å²) in [7, 11) is 2.84. The van der Waals surface area contributed by atoms with E-state index in [1.165, 1.54) is 19.1 Å². The van der Waals surface area contributed by atoms with Gasteiger partial charge in [-0.3, -0.25) is 9.69 Å². The van der Waals surface area contributed by atoms with E-state index in [2.05, 4.69) is 5.32 Å². The van der Waals surface area contributed by atoms with Gasteiger partial charge in [-0.05, 0) is 26.3 Å². The fourth-order valence-corrected chi connectivity index (χ4v) is 4.31. The molecule has 2 aliphatic rings. The summed E-state index contributed by atoms with van der Waals surface area (Å²) in [5, 5.41) is 12.2. The van der Waals surface area contributed by atoms with Crippen LogP contribution in [-0.2, 0) is 44.6 Å². The minimum atomic E-state index is -1.10. The molecule has 0 radical (unpaired) electrons. The van der Waals surface area contributed by atoms with Gasteiger partial charge in [0, 0.05) is 19.8 Å². The van der Waals surface area contributed by atoms with Gasteiger partial charge in [0.1, 0.15) is 49.7 Å². The second-order valence-corrected chi connectivity index (χ2v) is 9.62. The standard InChI is InChI=1S/C26H33N3O9/c1-26(2,3)38-25(32)28-18-20-22(37-15-34-5)21(36-14-33-4)17(11-12-27)19(29(20)23(18)30)24(31)35-13-16-9-7-6-8-10-16/h6-10,18,20-22H,11,13-15H2,1-5H3,(H,28,32)/t18-,20-,21+,22+/m0/s1. The lowest BCUT2D eigenvalue weighted by atomic mass is 9.78. The molecule has 1 fully saturated rings. The molecule has 3 rings (SSSR count). The van der Waals surface area contributed by atoms with Gasteiger partial charge < -0.3 is 33.7 Å². The molecule has 0 saturated carbocycles. The van der Waals surface area contributed by atoms with Crippen LogP contribution < -0.4 is 5.32 Å². The third-order valence-electron chi connectivity index (χ3n) is 5.76. The van der Waals surface area contributed by atoms with Crippen LogP contribution in [0.25, 0.3) is 0 Å².